The van der Waals surface area contributed by atoms with E-state index in [1.807, 2.05) is 18.2 Å². The Morgan fingerprint density at radius 2 is 1.87 bits per heavy atom. The van der Waals surface area contributed by atoms with E-state index >= 15 is 0 Å². The van der Waals surface area contributed by atoms with Crippen LogP contribution in [0.25, 0.3) is 10.9 Å². The fourth-order valence-electron chi connectivity index (χ4n) is 3.84. The van der Waals surface area contributed by atoms with Gasteiger partial charge in [-0.1, -0.05) is 18.2 Å². The molecular weight excluding hydrogens is 400 g/mol. The molecule has 1 aliphatic heterocycles. The normalized spacial score (nSPS) is 15.3. The second-order valence-corrected chi connectivity index (χ2v) is 6.89. The molecule has 0 saturated carbocycles. The Kier molecular flexibility index (Phi) is 5.29. The number of rotatable bonds is 5. The Bertz CT molecular complexity index is 1260. The molecule has 2 aromatic carbocycles. The molecule has 3 aromatic rings. The molecule has 3 N–H and O–H groups in total. The molecule has 0 unspecified atom stereocenters. The van der Waals surface area contributed by atoms with Crippen LogP contribution in [0.3, 0.4) is 0 Å². The van der Waals surface area contributed by atoms with E-state index < -0.39 is 11.9 Å². The number of carbonyl (C=O) groups excluding carboxylic acids is 1. The summed E-state index contributed by atoms with van der Waals surface area (Å²) in [6, 6.07) is 12.4. The molecule has 1 aromatic heterocycles. The van der Waals surface area contributed by atoms with Crippen molar-refractivity contribution in [3.8, 4) is 17.2 Å². The summed E-state index contributed by atoms with van der Waals surface area (Å²) >= 11 is 0. The minimum atomic E-state index is -0.823. The van der Waals surface area contributed by atoms with Gasteiger partial charge in [0.05, 0.1) is 37.8 Å². The van der Waals surface area contributed by atoms with Crippen molar-refractivity contribution in [3.05, 3.63) is 75.4 Å². The predicted octanol–water partition coefficient (Wildman–Crippen LogP) is 2.80. The van der Waals surface area contributed by atoms with Gasteiger partial charge < -0.3 is 29.7 Å². The number of methoxy groups -OCH3 is 2. The highest BCUT2D eigenvalue weighted by Gasteiger charge is 2.38. The Morgan fingerprint density at radius 3 is 2.58 bits per heavy atom. The number of hydrogen-bond acceptors (Lipinski definition) is 7. The molecule has 0 aliphatic carbocycles. The van der Waals surface area contributed by atoms with Crippen molar-refractivity contribution >= 4 is 16.9 Å². The molecule has 0 bridgehead atoms. The van der Waals surface area contributed by atoms with Crippen LogP contribution < -0.4 is 25.5 Å². The number of pyridine rings is 1. The summed E-state index contributed by atoms with van der Waals surface area (Å²) in [5.74, 6) is -0.312. The van der Waals surface area contributed by atoms with E-state index in [1.165, 1.54) is 14.2 Å². The summed E-state index contributed by atoms with van der Waals surface area (Å²) in [6.07, 6.45) is 0. The van der Waals surface area contributed by atoms with Crippen molar-refractivity contribution in [1.82, 2.24) is 4.98 Å². The number of aromatic amines is 1. The minimum Gasteiger partial charge on any atom is -0.493 e. The summed E-state index contributed by atoms with van der Waals surface area (Å²) in [5.41, 5.74) is 7.35. The summed E-state index contributed by atoms with van der Waals surface area (Å²) in [5, 5.41) is 0.674. The second kappa shape index (κ2) is 8.06. The molecule has 0 radical (unpaired) electrons. The Morgan fingerprint density at radius 1 is 1.13 bits per heavy atom. The van der Waals surface area contributed by atoms with Crippen LogP contribution in [0.5, 0.6) is 17.2 Å². The first-order chi connectivity index (χ1) is 15.0. The molecule has 0 amide bonds. The zero-order chi connectivity index (χ0) is 22.1. The van der Waals surface area contributed by atoms with E-state index in [4.69, 9.17) is 24.7 Å². The van der Waals surface area contributed by atoms with Crippen molar-refractivity contribution < 1.29 is 23.7 Å². The molecule has 1 atom stereocenters. The fourth-order valence-corrected chi connectivity index (χ4v) is 3.84. The number of aromatic nitrogens is 1. The monoisotopic (exact) mass is 422 g/mol. The van der Waals surface area contributed by atoms with Gasteiger partial charge in [0.15, 0.2) is 11.5 Å². The molecule has 31 heavy (non-hydrogen) atoms. The molecule has 8 heteroatoms. The molecule has 0 spiro atoms. The van der Waals surface area contributed by atoms with Crippen molar-refractivity contribution in [2.24, 2.45) is 5.73 Å². The smallest absolute Gasteiger partial charge is 0.340 e. The van der Waals surface area contributed by atoms with Gasteiger partial charge in [0.1, 0.15) is 11.3 Å². The molecule has 4 rings (SSSR count). The highest BCUT2D eigenvalue weighted by molar-refractivity contribution is 5.95. The first kappa shape index (κ1) is 20.3. The number of esters is 1. The lowest BCUT2D eigenvalue weighted by Crippen LogP contribution is -2.32. The topological polar surface area (TPSA) is 113 Å². The van der Waals surface area contributed by atoms with Gasteiger partial charge in [-0.05, 0) is 36.8 Å². The summed E-state index contributed by atoms with van der Waals surface area (Å²) in [6.45, 7) is 1.84. The molecule has 0 saturated heterocycles. The number of nitrogens with one attached hydrogen (secondary N) is 1. The molecular formula is C23H22N2O6. The largest absolute Gasteiger partial charge is 0.493 e. The standard InChI is InChI=1S/C23H22N2O6/c1-4-30-23(27)19-17(12-9-10-15(28-2)16(11-12)29-3)18-20(31-21(19)24)13-7-5-6-8-14(13)25-22(18)26/h5-11,17H,4,24H2,1-3H3,(H,25,26)/t17-/m1/s1. The third-order valence-electron chi connectivity index (χ3n) is 5.20. The average molecular weight is 422 g/mol. The van der Waals surface area contributed by atoms with E-state index in [-0.39, 0.29) is 29.2 Å². The van der Waals surface area contributed by atoms with Gasteiger partial charge in [-0.3, -0.25) is 4.79 Å². The number of benzene rings is 2. The second-order valence-electron chi connectivity index (χ2n) is 6.89. The summed E-state index contributed by atoms with van der Waals surface area (Å²) in [7, 11) is 3.04. The zero-order valence-electron chi connectivity index (χ0n) is 17.4. The van der Waals surface area contributed by atoms with Gasteiger partial charge >= 0.3 is 5.97 Å². The van der Waals surface area contributed by atoms with Gasteiger partial charge in [-0.25, -0.2) is 4.79 Å². The number of nitrogens with two attached hydrogens (primary N) is 1. The predicted molar refractivity (Wildman–Crippen MR) is 114 cm³/mol. The lowest BCUT2D eigenvalue weighted by Gasteiger charge is -2.28. The number of hydrogen-bond donors (Lipinski definition) is 2. The van der Waals surface area contributed by atoms with Crippen LogP contribution in [-0.4, -0.2) is 31.8 Å². The van der Waals surface area contributed by atoms with Gasteiger partial charge in [-0.2, -0.15) is 0 Å². The lowest BCUT2D eigenvalue weighted by molar-refractivity contribution is -0.139. The third kappa shape index (κ3) is 3.35. The van der Waals surface area contributed by atoms with E-state index in [1.54, 1.807) is 31.2 Å². The van der Waals surface area contributed by atoms with Gasteiger partial charge in [-0.15, -0.1) is 0 Å². The molecule has 160 valence electrons. The summed E-state index contributed by atoms with van der Waals surface area (Å²) in [4.78, 5) is 28.9. The molecule has 1 aliphatic rings. The molecule has 0 fully saturated rings. The maximum absolute atomic E-state index is 13.2. The zero-order valence-corrected chi connectivity index (χ0v) is 17.4. The molecule has 2 heterocycles. The highest BCUT2D eigenvalue weighted by Crippen LogP contribution is 2.45. The Balaban J connectivity index is 2.03. The van der Waals surface area contributed by atoms with Gasteiger partial charge in [0.25, 0.3) is 5.56 Å². The first-order valence-corrected chi connectivity index (χ1v) is 9.71. The lowest BCUT2D eigenvalue weighted by atomic mass is 9.82. The summed E-state index contributed by atoms with van der Waals surface area (Å²) < 4.78 is 21.8. The van der Waals surface area contributed by atoms with Crippen molar-refractivity contribution in [2.75, 3.05) is 20.8 Å². The van der Waals surface area contributed by atoms with Crippen molar-refractivity contribution in [2.45, 2.75) is 12.8 Å². The Labute approximate surface area is 178 Å². The third-order valence-corrected chi connectivity index (χ3v) is 5.20. The quantitative estimate of drug-likeness (QED) is 0.608. The van der Waals surface area contributed by atoms with Gasteiger partial charge in [0.2, 0.25) is 5.88 Å². The van der Waals surface area contributed by atoms with Crippen LogP contribution in [0, 0.1) is 0 Å². The highest BCUT2D eigenvalue weighted by atomic mass is 16.5. The van der Waals surface area contributed by atoms with Crippen LogP contribution in [0.4, 0.5) is 0 Å². The number of fused-ring (bicyclic) bond motifs is 3. The average Bonchev–Trinajstić information content (AvgIpc) is 2.77. The SMILES string of the molecule is CCOC(=O)C1=C(N)Oc2c(c(=O)[nH]c3ccccc23)[C@H]1c1ccc(OC)c(OC)c1. The van der Waals surface area contributed by atoms with E-state index in [0.29, 0.717) is 33.7 Å². The van der Waals surface area contributed by atoms with Gasteiger partial charge in [0, 0.05) is 5.39 Å². The van der Waals surface area contributed by atoms with Crippen molar-refractivity contribution in [3.63, 3.8) is 0 Å². The van der Waals surface area contributed by atoms with E-state index in [2.05, 4.69) is 4.98 Å². The number of carbonyl (C=O) groups is 1. The van der Waals surface area contributed by atoms with Crippen LogP contribution in [0.1, 0.15) is 24.0 Å². The van der Waals surface area contributed by atoms with E-state index in [0.717, 1.165) is 0 Å². The van der Waals surface area contributed by atoms with E-state index in [9.17, 15) is 9.59 Å². The number of H-pyrrole nitrogens is 1. The Hall–Kier alpha value is -3.94. The maximum Gasteiger partial charge on any atom is 0.340 e. The molecule has 8 nitrogen and oxygen atoms in total. The van der Waals surface area contributed by atoms with Crippen molar-refractivity contribution in [1.29, 1.82) is 0 Å². The number of ether oxygens (including phenoxy) is 4. The van der Waals surface area contributed by atoms with Crippen LogP contribution in [0.15, 0.2) is 58.7 Å². The fraction of sp³-hybridized carbons (Fsp3) is 0.217. The van der Waals surface area contributed by atoms with Crippen LogP contribution >= 0.6 is 0 Å². The first-order valence-electron chi connectivity index (χ1n) is 9.71. The van der Waals surface area contributed by atoms with Crippen LogP contribution in [0.2, 0.25) is 0 Å². The van der Waals surface area contributed by atoms with Crippen LogP contribution in [-0.2, 0) is 9.53 Å². The number of para-hydroxylation sites is 1. The maximum atomic E-state index is 13.2. The minimum absolute atomic E-state index is 0.0577.